The minimum absolute atomic E-state index is 0.476. The van der Waals surface area contributed by atoms with E-state index >= 15 is 0 Å². The first-order valence-electron chi connectivity index (χ1n) is 6.10. The van der Waals surface area contributed by atoms with E-state index < -0.39 is 0 Å². The number of rotatable bonds is 2. The van der Waals surface area contributed by atoms with Crippen molar-refractivity contribution < 1.29 is 4.52 Å². The Balaban J connectivity index is 2.02. The maximum absolute atomic E-state index is 5.77. The van der Waals surface area contributed by atoms with E-state index in [2.05, 4.69) is 26.1 Å². The second-order valence-corrected chi connectivity index (χ2v) is 5.33. The largest absolute Gasteiger partial charge is 0.398 e. The summed E-state index contributed by atoms with van der Waals surface area (Å²) in [4.78, 5) is 4.44. The molecule has 0 unspecified atom stereocenters. The number of nitrogens with two attached hydrogens (primary N) is 1. The Morgan fingerprint density at radius 2 is 1.95 bits per heavy atom. The molecule has 0 radical (unpaired) electrons. The smallest absolute Gasteiger partial charge is 0.258 e. The summed E-state index contributed by atoms with van der Waals surface area (Å²) in [7, 11) is 0. The fourth-order valence-electron chi connectivity index (χ4n) is 1.93. The number of anilines is 1. The number of aromatic nitrogens is 2. The van der Waals surface area contributed by atoms with Crippen LogP contribution in [-0.2, 0) is 0 Å². The molecular weight excluding hydrogens is 318 g/mol. The van der Waals surface area contributed by atoms with Gasteiger partial charge in [0.05, 0.1) is 0 Å². The lowest BCUT2D eigenvalue weighted by Crippen LogP contribution is -1.87. The highest BCUT2D eigenvalue weighted by Crippen LogP contribution is 2.28. The first-order valence-corrected chi connectivity index (χ1v) is 6.89. The summed E-state index contributed by atoms with van der Waals surface area (Å²) in [6, 6.07) is 13.5. The van der Waals surface area contributed by atoms with Crippen molar-refractivity contribution in [3.63, 3.8) is 0 Å². The number of nitrogens with zero attached hydrogens (tertiary/aromatic N) is 2. The second-order valence-electron chi connectivity index (χ2n) is 4.47. The molecule has 4 nitrogen and oxygen atoms in total. The lowest BCUT2D eigenvalue weighted by atomic mass is 10.1. The fourth-order valence-corrected chi connectivity index (χ4v) is 2.31. The highest BCUT2D eigenvalue weighted by atomic mass is 79.9. The molecule has 2 aromatic carbocycles. The summed E-state index contributed by atoms with van der Waals surface area (Å²) >= 11 is 3.39. The summed E-state index contributed by atoms with van der Waals surface area (Å²) < 4.78 is 6.14. The van der Waals surface area contributed by atoms with Gasteiger partial charge in [-0.15, -0.1) is 0 Å². The molecule has 5 heteroatoms. The van der Waals surface area contributed by atoms with E-state index in [9.17, 15) is 0 Å². The van der Waals surface area contributed by atoms with Crippen molar-refractivity contribution in [1.29, 1.82) is 0 Å². The number of hydrogen-bond donors (Lipinski definition) is 1. The van der Waals surface area contributed by atoms with Gasteiger partial charge in [-0.25, -0.2) is 0 Å². The van der Waals surface area contributed by atoms with Crippen LogP contribution in [0.3, 0.4) is 0 Å². The normalized spacial score (nSPS) is 10.7. The molecule has 1 heterocycles. The maximum atomic E-state index is 5.77. The predicted octanol–water partition coefficient (Wildman–Crippen LogP) is 4.06. The van der Waals surface area contributed by atoms with Gasteiger partial charge >= 0.3 is 0 Å². The van der Waals surface area contributed by atoms with Crippen LogP contribution in [0.5, 0.6) is 0 Å². The van der Waals surface area contributed by atoms with Gasteiger partial charge < -0.3 is 10.3 Å². The van der Waals surface area contributed by atoms with Crippen LogP contribution in [0.15, 0.2) is 51.5 Å². The van der Waals surface area contributed by atoms with Gasteiger partial charge in [-0.05, 0) is 46.6 Å². The lowest BCUT2D eigenvalue weighted by Gasteiger charge is -1.99. The van der Waals surface area contributed by atoms with Crippen LogP contribution in [0.1, 0.15) is 5.56 Å². The van der Waals surface area contributed by atoms with E-state index in [-0.39, 0.29) is 0 Å². The molecule has 0 bridgehead atoms. The summed E-state index contributed by atoms with van der Waals surface area (Å²) in [6.07, 6.45) is 0. The highest BCUT2D eigenvalue weighted by Gasteiger charge is 2.12. The van der Waals surface area contributed by atoms with Gasteiger partial charge in [0.25, 0.3) is 5.89 Å². The number of aryl methyl sites for hydroxylation is 1. The Bertz CT molecular complexity index is 767. The van der Waals surface area contributed by atoms with Gasteiger partial charge in [0, 0.05) is 21.3 Å². The number of nitrogen functional groups attached to an aromatic ring is 1. The molecule has 0 amide bonds. The third-order valence-electron chi connectivity index (χ3n) is 3.06. The zero-order chi connectivity index (χ0) is 14.1. The van der Waals surface area contributed by atoms with Crippen molar-refractivity contribution in [3.8, 4) is 22.8 Å². The molecule has 0 saturated heterocycles. The first-order chi connectivity index (χ1) is 9.65. The zero-order valence-corrected chi connectivity index (χ0v) is 12.4. The molecule has 100 valence electrons. The van der Waals surface area contributed by atoms with Gasteiger partial charge in [-0.3, -0.25) is 0 Å². The molecule has 0 fully saturated rings. The van der Waals surface area contributed by atoms with Crippen LogP contribution >= 0.6 is 15.9 Å². The number of hydrogen-bond acceptors (Lipinski definition) is 4. The Morgan fingerprint density at radius 1 is 1.15 bits per heavy atom. The maximum Gasteiger partial charge on any atom is 0.258 e. The van der Waals surface area contributed by atoms with E-state index in [0.717, 1.165) is 21.2 Å². The molecule has 3 aromatic rings. The van der Waals surface area contributed by atoms with E-state index in [1.807, 2.05) is 43.3 Å². The van der Waals surface area contributed by atoms with Crippen LogP contribution in [0, 0.1) is 6.92 Å². The van der Waals surface area contributed by atoms with Crippen LogP contribution < -0.4 is 5.73 Å². The van der Waals surface area contributed by atoms with E-state index in [4.69, 9.17) is 10.3 Å². The van der Waals surface area contributed by atoms with Crippen molar-refractivity contribution in [1.82, 2.24) is 10.1 Å². The molecule has 2 N–H and O–H groups in total. The molecule has 0 saturated carbocycles. The standard InChI is InChI=1S/C15H12BrN3O/c1-9-4-2-3-5-11(9)14-18-15(20-19-14)10-6-7-13(17)12(16)8-10/h2-8H,17H2,1H3. The second kappa shape index (κ2) is 5.09. The minimum atomic E-state index is 0.476. The van der Waals surface area contributed by atoms with Crippen LogP contribution in [0.2, 0.25) is 0 Å². The Hall–Kier alpha value is -2.14. The lowest BCUT2D eigenvalue weighted by molar-refractivity contribution is 0.432. The zero-order valence-electron chi connectivity index (χ0n) is 10.8. The molecule has 0 aliphatic heterocycles. The highest BCUT2D eigenvalue weighted by molar-refractivity contribution is 9.10. The molecule has 0 aliphatic carbocycles. The van der Waals surface area contributed by atoms with Gasteiger partial charge in [0.15, 0.2) is 0 Å². The molecule has 0 atom stereocenters. The minimum Gasteiger partial charge on any atom is -0.398 e. The summed E-state index contributed by atoms with van der Waals surface area (Å²) in [5.41, 5.74) is 9.35. The van der Waals surface area contributed by atoms with Crippen LogP contribution in [0.4, 0.5) is 5.69 Å². The average molecular weight is 330 g/mol. The third kappa shape index (κ3) is 2.32. The predicted molar refractivity (Wildman–Crippen MR) is 82.0 cm³/mol. The molecule has 1 aromatic heterocycles. The topological polar surface area (TPSA) is 64.9 Å². The van der Waals surface area contributed by atoms with Gasteiger partial charge in [0.1, 0.15) is 0 Å². The van der Waals surface area contributed by atoms with Crippen molar-refractivity contribution in [2.45, 2.75) is 6.92 Å². The fraction of sp³-hybridized carbons (Fsp3) is 0.0667. The summed E-state index contributed by atoms with van der Waals surface area (Å²) in [6.45, 7) is 2.02. The summed E-state index contributed by atoms with van der Waals surface area (Å²) in [5, 5.41) is 4.04. The molecule has 0 aliphatic rings. The Labute approximate surface area is 124 Å². The number of halogens is 1. The summed E-state index contributed by atoms with van der Waals surface area (Å²) in [5.74, 6) is 1.06. The van der Waals surface area contributed by atoms with E-state index in [0.29, 0.717) is 17.4 Å². The SMILES string of the molecule is Cc1ccccc1-c1noc(-c2ccc(N)c(Br)c2)n1. The van der Waals surface area contributed by atoms with Crippen molar-refractivity contribution in [3.05, 3.63) is 52.5 Å². The van der Waals surface area contributed by atoms with E-state index in [1.165, 1.54) is 0 Å². The van der Waals surface area contributed by atoms with Gasteiger partial charge in [-0.2, -0.15) is 4.98 Å². The Morgan fingerprint density at radius 3 is 2.70 bits per heavy atom. The molecule has 0 spiro atoms. The third-order valence-corrected chi connectivity index (χ3v) is 3.75. The van der Waals surface area contributed by atoms with Crippen molar-refractivity contribution >= 4 is 21.6 Å². The molecule has 20 heavy (non-hydrogen) atoms. The van der Waals surface area contributed by atoms with Crippen LogP contribution in [-0.4, -0.2) is 10.1 Å². The van der Waals surface area contributed by atoms with E-state index in [1.54, 1.807) is 6.07 Å². The molecule has 3 rings (SSSR count). The quantitative estimate of drug-likeness (QED) is 0.720. The average Bonchev–Trinajstić information content (AvgIpc) is 2.92. The Kier molecular flexibility index (Phi) is 3.28. The first kappa shape index (κ1) is 12.9. The van der Waals surface area contributed by atoms with Crippen LogP contribution in [0.25, 0.3) is 22.8 Å². The van der Waals surface area contributed by atoms with Crippen molar-refractivity contribution in [2.24, 2.45) is 0 Å². The van der Waals surface area contributed by atoms with Gasteiger partial charge in [0.2, 0.25) is 5.82 Å². The van der Waals surface area contributed by atoms with Gasteiger partial charge in [-0.1, -0.05) is 29.4 Å². The monoisotopic (exact) mass is 329 g/mol. The van der Waals surface area contributed by atoms with Crippen molar-refractivity contribution in [2.75, 3.05) is 5.73 Å². The molecular formula is C15H12BrN3O. The number of benzene rings is 2.